The molecule has 126 valence electrons. The van der Waals surface area contributed by atoms with Gasteiger partial charge in [-0.1, -0.05) is 6.07 Å². The van der Waals surface area contributed by atoms with E-state index in [4.69, 9.17) is 10.6 Å². The van der Waals surface area contributed by atoms with Crippen LogP contribution >= 0.6 is 0 Å². The minimum atomic E-state index is -1.33. The zero-order valence-corrected chi connectivity index (χ0v) is 13.7. The van der Waals surface area contributed by atoms with Crippen molar-refractivity contribution in [1.82, 2.24) is 4.90 Å². The lowest BCUT2D eigenvalue weighted by Crippen LogP contribution is -2.36. The third-order valence-electron chi connectivity index (χ3n) is 3.41. The highest BCUT2D eigenvalue weighted by molar-refractivity contribution is 6.11. The van der Waals surface area contributed by atoms with Gasteiger partial charge in [-0.25, -0.2) is 15.6 Å². The monoisotopic (exact) mass is 329 g/mol. The third-order valence-corrected chi connectivity index (χ3v) is 3.41. The molecule has 0 aliphatic carbocycles. The summed E-state index contributed by atoms with van der Waals surface area (Å²) in [5.41, 5.74) is 0.554. The average molecular weight is 329 g/mol. The molecule has 24 heavy (non-hydrogen) atoms. The number of ether oxygens (including phenoxy) is 1. The van der Waals surface area contributed by atoms with Gasteiger partial charge in [0.25, 0.3) is 0 Å². The molecular formula is C17H19N3O4. The third kappa shape index (κ3) is 3.64. The molecule has 0 unspecified atom stereocenters. The van der Waals surface area contributed by atoms with Gasteiger partial charge in [0.2, 0.25) is 0 Å². The summed E-state index contributed by atoms with van der Waals surface area (Å²) in [6.45, 7) is 0. The molecule has 0 saturated heterocycles. The van der Waals surface area contributed by atoms with Gasteiger partial charge in [-0.3, -0.25) is 4.79 Å². The number of carbonyl (C=O) groups excluding carboxylic acids is 1. The molecule has 3 N–H and O–H groups in total. The molecule has 7 heteroatoms. The van der Waals surface area contributed by atoms with E-state index in [1.165, 1.54) is 19.3 Å². The fourth-order valence-electron chi connectivity index (χ4n) is 2.20. The van der Waals surface area contributed by atoms with Crippen molar-refractivity contribution >= 4 is 28.3 Å². The Morgan fingerprint density at radius 3 is 2.50 bits per heavy atom. The first-order valence-electron chi connectivity index (χ1n) is 7.12. The number of allylic oxidation sites excluding steroid dienone is 1. The summed E-state index contributed by atoms with van der Waals surface area (Å²) >= 11 is 0. The molecule has 0 aliphatic rings. The van der Waals surface area contributed by atoms with Gasteiger partial charge in [0.05, 0.1) is 12.8 Å². The zero-order valence-electron chi connectivity index (χ0n) is 13.7. The van der Waals surface area contributed by atoms with E-state index in [1.807, 2.05) is 0 Å². The lowest BCUT2D eigenvalue weighted by Gasteiger charge is -2.17. The number of benzene rings is 2. The van der Waals surface area contributed by atoms with E-state index in [0.717, 1.165) is 0 Å². The highest BCUT2D eigenvalue weighted by Crippen LogP contribution is 2.31. The lowest BCUT2D eigenvalue weighted by molar-refractivity contribution is 0.104. The number of hydrogen-bond acceptors (Lipinski definition) is 5. The van der Waals surface area contributed by atoms with Crippen molar-refractivity contribution in [3.05, 3.63) is 48.2 Å². The van der Waals surface area contributed by atoms with Crippen LogP contribution in [0.5, 0.6) is 5.75 Å². The Bertz CT molecular complexity index is 815. The summed E-state index contributed by atoms with van der Waals surface area (Å²) in [4.78, 5) is 25.3. The first-order valence-corrected chi connectivity index (χ1v) is 7.12. The number of nitrogens with zero attached hydrogens (tertiary/aromatic N) is 2. The van der Waals surface area contributed by atoms with E-state index in [-0.39, 0.29) is 11.5 Å². The van der Waals surface area contributed by atoms with Gasteiger partial charge in [-0.15, -0.1) is 0 Å². The van der Waals surface area contributed by atoms with E-state index in [9.17, 15) is 14.7 Å². The van der Waals surface area contributed by atoms with E-state index < -0.39 is 6.09 Å². The normalized spacial score (nSPS) is 10.8. The van der Waals surface area contributed by atoms with Crippen LogP contribution in [-0.2, 0) is 0 Å². The van der Waals surface area contributed by atoms with E-state index in [1.54, 1.807) is 49.5 Å². The maximum absolute atomic E-state index is 12.3. The van der Waals surface area contributed by atoms with Crippen LogP contribution in [0.1, 0.15) is 10.4 Å². The van der Waals surface area contributed by atoms with Gasteiger partial charge < -0.3 is 14.7 Å². The van der Waals surface area contributed by atoms with E-state index in [0.29, 0.717) is 27.1 Å². The van der Waals surface area contributed by atoms with Crippen LogP contribution in [0.4, 0.5) is 10.5 Å². The molecule has 0 radical (unpaired) electrons. The van der Waals surface area contributed by atoms with Crippen LogP contribution < -0.4 is 15.6 Å². The fraction of sp³-hybridized carbons (Fsp3) is 0.176. The molecule has 0 fully saturated rings. The first kappa shape index (κ1) is 17.3. The van der Waals surface area contributed by atoms with Gasteiger partial charge in [-0.2, -0.15) is 0 Å². The molecule has 7 nitrogen and oxygen atoms in total. The molecule has 0 spiro atoms. The summed E-state index contributed by atoms with van der Waals surface area (Å²) in [6, 6.07) is 8.31. The smallest absolute Gasteiger partial charge is 0.426 e. The molecule has 2 rings (SSSR count). The molecule has 1 amide bonds. The van der Waals surface area contributed by atoms with Crippen molar-refractivity contribution in [3.8, 4) is 5.75 Å². The number of nitrogens with two attached hydrogens (primary N) is 1. The molecule has 2 aromatic rings. The number of carboxylic acid groups (broad SMARTS) is 1. The Morgan fingerprint density at radius 1 is 1.21 bits per heavy atom. The quantitative estimate of drug-likeness (QED) is 0.288. The van der Waals surface area contributed by atoms with Crippen LogP contribution in [0, 0.1) is 0 Å². The SMILES string of the molecule is COc1ccc2cc(C(=O)C=CN(C)C)cc(N(N)C(=O)O)c2c1. The second-order valence-electron chi connectivity index (χ2n) is 5.38. The standard InChI is InChI=1S/C17H19N3O4/c1-19(2)7-6-16(21)12-8-11-4-5-13(24-3)10-14(11)15(9-12)20(18)17(22)23/h4-10H,18H2,1-3H3,(H,22,23). The van der Waals surface area contributed by atoms with Gasteiger partial charge in [0, 0.05) is 37.3 Å². The van der Waals surface area contributed by atoms with E-state index in [2.05, 4.69) is 0 Å². The number of hydrazine groups is 1. The Labute approximate surface area is 139 Å². The van der Waals surface area contributed by atoms with Crippen molar-refractivity contribution in [3.63, 3.8) is 0 Å². The minimum Gasteiger partial charge on any atom is -0.497 e. The van der Waals surface area contributed by atoms with E-state index >= 15 is 0 Å². The molecule has 0 heterocycles. The van der Waals surface area contributed by atoms with Gasteiger partial charge in [0.1, 0.15) is 5.75 Å². The summed E-state index contributed by atoms with van der Waals surface area (Å²) in [5.74, 6) is 5.96. The molecule has 0 bridgehead atoms. The van der Waals surface area contributed by atoms with Crippen molar-refractivity contribution in [2.24, 2.45) is 5.84 Å². The molecule has 0 aliphatic heterocycles. The predicted molar refractivity (Wildman–Crippen MR) is 92.3 cm³/mol. The summed E-state index contributed by atoms with van der Waals surface area (Å²) < 4.78 is 5.17. The second kappa shape index (κ2) is 7.01. The number of anilines is 1. The highest BCUT2D eigenvalue weighted by Gasteiger charge is 2.17. The molecule has 2 aromatic carbocycles. The summed E-state index contributed by atoms with van der Waals surface area (Å²) in [7, 11) is 5.12. The van der Waals surface area contributed by atoms with Crippen LogP contribution in [0.2, 0.25) is 0 Å². The number of methoxy groups -OCH3 is 1. The Morgan fingerprint density at radius 2 is 1.92 bits per heavy atom. The fourth-order valence-corrected chi connectivity index (χ4v) is 2.20. The number of fused-ring (bicyclic) bond motifs is 1. The number of carbonyl (C=O) groups is 2. The predicted octanol–water partition coefficient (Wildman–Crippen LogP) is 2.46. The van der Waals surface area contributed by atoms with Crippen molar-refractivity contribution in [2.45, 2.75) is 0 Å². The van der Waals surface area contributed by atoms with Gasteiger partial charge in [0.15, 0.2) is 5.78 Å². The molecule has 0 saturated carbocycles. The maximum Gasteiger partial charge on any atom is 0.426 e. The van der Waals surface area contributed by atoms with Crippen molar-refractivity contribution < 1.29 is 19.4 Å². The number of hydrogen-bond donors (Lipinski definition) is 2. The summed E-state index contributed by atoms with van der Waals surface area (Å²) in [5, 5.41) is 11.0. The van der Waals surface area contributed by atoms with Crippen LogP contribution in [0.3, 0.4) is 0 Å². The minimum absolute atomic E-state index is 0.209. The van der Waals surface area contributed by atoms with Crippen LogP contribution in [-0.4, -0.2) is 43.1 Å². The lowest BCUT2D eigenvalue weighted by atomic mass is 10.0. The van der Waals surface area contributed by atoms with Crippen molar-refractivity contribution in [2.75, 3.05) is 26.2 Å². The number of ketones is 1. The first-order chi connectivity index (χ1) is 11.3. The van der Waals surface area contributed by atoms with Crippen LogP contribution in [0.15, 0.2) is 42.6 Å². The number of rotatable bonds is 5. The average Bonchev–Trinajstić information content (AvgIpc) is 2.57. The maximum atomic E-state index is 12.3. The molecule has 0 atom stereocenters. The summed E-state index contributed by atoms with van der Waals surface area (Å²) in [6.07, 6.45) is 1.71. The second-order valence-corrected chi connectivity index (χ2v) is 5.38. The van der Waals surface area contributed by atoms with Crippen LogP contribution in [0.25, 0.3) is 10.8 Å². The molecular weight excluding hydrogens is 310 g/mol. The highest BCUT2D eigenvalue weighted by atomic mass is 16.5. The topological polar surface area (TPSA) is 96.1 Å². The molecule has 0 aromatic heterocycles. The number of amides is 1. The van der Waals surface area contributed by atoms with Crippen molar-refractivity contribution in [1.29, 1.82) is 0 Å². The largest absolute Gasteiger partial charge is 0.497 e. The Hall–Kier alpha value is -3.06. The van der Waals surface area contributed by atoms with Gasteiger partial charge >= 0.3 is 6.09 Å². The Kier molecular flexibility index (Phi) is 5.05. The van der Waals surface area contributed by atoms with Gasteiger partial charge in [-0.05, 0) is 29.7 Å². The Balaban J connectivity index is 2.64. The zero-order chi connectivity index (χ0) is 17.9.